The fourth-order valence-electron chi connectivity index (χ4n) is 4.30. The second-order valence-corrected chi connectivity index (χ2v) is 8.52. The van der Waals surface area contributed by atoms with E-state index in [9.17, 15) is 9.18 Å². The quantitative estimate of drug-likeness (QED) is 0.471. The van der Waals surface area contributed by atoms with Crippen LogP contribution in [-0.2, 0) is 24.2 Å². The number of nitrogens with one attached hydrogen (secondary N) is 1. The Labute approximate surface area is 185 Å². The molecule has 0 bridgehead atoms. The van der Waals surface area contributed by atoms with Crippen molar-refractivity contribution >= 4 is 22.6 Å². The molecule has 1 N–H and O–H groups in total. The zero-order valence-corrected chi connectivity index (χ0v) is 18.2. The number of fused-ring (bicyclic) bond motifs is 2. The molecular weight excluding hydrogens is 407 g/mol. The number of carbonyl (C=O) groups excluding carboxylic acids is 1. The van der Waals surface area contributed by atoms with Crippen molar-refractivity contribution in [2.45, 2.75) is 52.5 Å². The summed E-state index contributed by atoms with van der Waals surface area (Å²) >= 11 is 0. The molecule has 0 aliphatic carbocycles. The van der Waals surface area contributed by atoms with Gasteiger partial charge in [0.25, 0.3) is 0 Å². The number of nitrogens with zero attached hydrogens (tertiary/aromatic N) is 3. The van der Waals surface area contributed by atoms with Crippen LogP contribution in [0.4, 0.5) is 10.1 Å². The lowest BCUT2D eigenvalue weighted by Crippen LogP contribution is -2.15. The van der Waals surface area contributed by atoms with Crippen molar-refractivity contribution < 1.29 is 13.6 Å². The van der Waals surface area contributed by atoms with E-state index in [0.717, 1.165) is 71.3 Å². The number of hydrogen-bond donors (Lipinski definition) is 1. The van der Waals surface area contributed by atoms with E-state index in [0.29, 0.717) is 5.82 Å². The molecule has 32 heavy (non-hydrogen) atoms. The highest BCUT2D eigenvalue weighted by Gasteiger charge is 2.18. The Bertz CT molecular complexity index is 1320. The maximum absolute atomic E-state index is 14.5. The Balaban J connectivity index is 1.39. The number of furan rings is 1. The summed E-state index contributed by atoms with van der Waals surface area (Å²) in [4.78, 5) is 12.8. The number of carbonyl (C=O) groups is 1. The number of hydrogen-bond acceptors (Lipinski definition) is 4. The fourth-order valence-corrected chi connectivity index (χ4v) is 4.30. The Kier molecular flexibility index (Phi) is 5.25. The van der Waals surface area contributed by atoms with Crippen molar-refractivity contribution in [3.8, 4) is 11.4 Å². The number of rotatable bonds is 4. The van der Waals surface area contributed by atoms with Crippen LogP contribution in [0.2, 0.25) is 0 Å². The summed E-state index contributed by atoms with van der Waals surface area (Å²) in [5.41, 5.74) is 4.66. The van der Waals surface area contributed by atoms with E-state index >= 15 is 0 Å². The summed E-state index contributed by atoms with van der Waals surface area (Å²) in [5, 5.41) is 12.3. The van der Waals surface area contributed by atoms with Gasteiger partial charge in [-0.25, -0.2) is 4.39 Å². The lowest BCUT2D eigenvalue weighted by molar-refractivity contribution is -0.115. The number of amides is 1. The maximum atomic E-state index is 14.5. The Morgan fingerprint density at radius 2 is 1.97 bits per heavy atom. The number of halogens is 1. The van der Waals surface area contributed by atoms with Gasteiger partial charge in [-0.15, -0.1) is 10.2 Å². The number of aryl methyl sites for hydroxylation is 3. The third-order valence-corrected chi connectivity index (χ3v) is 6.23. The van der Waals surface area contributed by atoms with Crippen LogP contribution < -0.4 is 5.32 Å². The third kappa shape index (κ3) is 3.79. The predicted molar refractivity (Wildman–Crippen MR) is 121 cm³/mol. The van der Waals surface area contributed by atoms with Gasteiger partial charge in [0.15, 0.2) is 5.82 Å². The van der Waals surface area contributed by atoms with Gasteiger partial charge >= 0.3 is 0 Å². The minimum Gasteiger partial charge on any atom is -0.464 e. The summed E-state index contributed by atoms with van der Waals surface area (Å²) < 4.78 is 22.3. The van der Waals surface area contributed by atoms with Crippen molar-refractivity contribution in [1.82, 2.24) is 14.8 Å². The molecular formula is C25H25FN4O2. The van der Waals surface area contributed by atoms with Crippen LogP contribution in [0.1, 0.15) is 41.8 Å². The maximum Gasteiger partial charge on any atom is 0.229 e. The molecule has 0 fully saturated rings. The molecule has 1 aliphatic heterocycles. The van der Waals surface area contributed by atoms with E-state index in [4.69, 9.17) is 4.42 Å². The van der Waals surface area contributed by atoms with Crippen molar-refractivity contribution in [1.29, 1.82) is 0 Å². The molecule has 4 aromatic rings. The fraction of sp³-hybridized carbons (Fsp3) is 0.320. The molecule has 7 heteroatoms. The summed E-state index contributed by atoms with van der Waals surface area (Å²) in [6.07, 6.45) is 5.93. The number of benzene rings is 2. The molecule has 0 saturated heterocycles. The molecule has 0 spiro atoms. The highest BCUT2D eigenvalue weighted by Crippen LogP contribution is 2.28. The first kappa shape index (κ1) is 20.4. The van der Waals surface area contributed by atoms with E-state index in [1.54, 1.807) is 18.4 Å². The van der Waals surface area contributed by atoms with Crippen LogP contribution in [0.15, 0.2) is 41.0 Å². The largest absolute Gasteiger partial charge is 0.464 e. The molecule has 3 heterocycles. The van der Waals surface area contributed by atoms with Crippen LogP contribution in [0.25, 0.3) is 22.4 Å². The highest BCUT2D eigenvalue weighted by atomic mass is 19.1. The molecule has 1 amide bonds. The lowest BCUT2D eigenvalue weighted by Gasteiger charge is -2.10. The van der Waals surface area contributed by atoms with E-state index < -0.39 is 5.82 Å². The van der Waals surface area contributed by atoms with E-state index in [1.165, 1.54) is 6.07 Å². The molecule has 5 rings (SSSR count). The standard InChI is InChI=1S/C25H25FN4O2/c1-15-10-19-18(14-32-22(19)11-16(15)2)13-24(31)27-21-12-17(7-8-20(21)26)25-29-28-23-6-4-3-5-9-30(23)25/h7-8,10-12,14H,3-6,9,13H2,1-2H3,(H,27,31). The van der Waals surface area contributed by atoms with E-state index in [2.05, 4.69) is 20.1 Å². The lowest BCUT2D eigenvalue weighted by atomic mass is 10.0. The number of aromatic nitrogens is 3. The van der Waals surface area contributed by atoms with Crippen LogP contribution >= 0.6 is 0 Å². The second kappa shape index (κ2) is 8.22. The summed E-state index contributed by atoms with van der Waals surface area (Å²) in [6.45, 7) is 4.90. The van der Waals surface area contributed by atoms with E-state index in [-0.39, 0.29) is 18.0 Å². The van der Waals surface area contributed by atoms with Gasteiger partial charge in [-0.05, 0) is 68.1 Å². The van der Waals surface area contributed by atoms with Gasteiger partial charge in [0.1, 0.15) is 17.2 Å². The first-order valence-electron chi connectivity index (χ1n) is 11.0. The summed E-state index contributed by atoms with van der Waals surface area (Å²) in [7, 11) is 0. The van der Waals surface area contributed by atoms with Crippen molar-refractivity contribution in [2.24, 2.45) is 0 Å². The molecule has 2 aromatic carbocycles. The monoisotopic (exact) mass is 432 g/mol. The topological polar surface area (TPSA) is 73.0 Å². The average Bonchev–Trinajstić information content (AvgIpc) is 3.25. The summed E-state index contributed by atoms with van der Waals surface area (Å²) in [5.74, 6) is 0.886. The Morgan fingerprint density at radius 1 is 1.12 bits per heavy atom. The van der Waals surface area contributed by atoms with Gasteiger partial charge in [0, 0.05) is 29.5 Å². The molecule has 2 aromatic heterocycles. The Hall–Kier alpha value is -3.48. The van der Waals surface area contributed by atoms with Gasteiger partial charge in [-0.3, -0.25) is 4.79 Å². The first-order chi connectivity index (χ1) is 15.5. The highest BCUT2D eigenvalue weighted by molar-refractivity contribution is 5.96. The molecule has 0 radical (unpaired) electrons. The summed E-state index contributed by atoms with van der Waals surface area (Å²) in [6, 6.07) is 8.67. The number of anilines is 1. The van der Waals surface area contributed by atoms with Crippen LogP contribution in [0.5, 0.6) is 0 Å². The Morgan fingerprint density at radius 3 is 2.84 bits per heavy atom. The predicted octanol–water partition coefficient (Wildman–Crippen LogP) is 5.35. The van der Waals surface area contributed by atoms with Crippen molar-refractivity contribution in [3.05, 3.63) is 64.9 Å². The first-order valence-corrected chi connectivity index (χ1v) is 11.0. The zero-order valence-electron chi connectivity index (χ0n) is 18.2. The minimum atomic E-state index is -0.485. The van der Waals surface area contributed by atoms with Gasteiger partial charge in [0.05, 0.1) is 18.4 Å². The molecule has 0 unspecified atom stereocenters. The van der Waals surface area contributed by atoms with Crippen LogP contribution in [0, 0.1) is 19.7 Å². The average molecular weight is 432 g/mol. The second-order valence-electron chi connectivity index (χ2n) is 8.52. The molecule has 1 aliphatic rings. The van der Waals surface area contributed by atoms with Crippen LogP contribution in [-0.4, -0.2) is 20.7 Å². The normalized spacial score (nSPS) is 13.7. The van der Waals surface area contributed by atoms with Gasteiger partial charge in [-0.2, -0.15) is 0 Å². The SMILES string of the molecule is Cc1cc2occ(CC(=O)Nc3cc(-c4nnc5n4CCCCC5)ccc3F)c2cc1C. The minimum absolute atomic E-state index is 0.0967. The van der Waals surface area contributed by atoms with Gasteiger partial charge in [0.2, 0.25) is 5.91 Å². The van der Waals surface area contributed by atoms with Gasteiger partial charge < -0.3 is 14.3 Å². The van der Waals surface area contributed by atoms with E-state index in [1.807, 2.05) is 26.0 Å². The molecule has 0 saturated carbocycles. The smallest absolute Gasteiger partial charge is 0.229 e. The molecule has 6 nitrogen and oxygen atoms in total. The van der Waals surface area contributed by atoms with Crippen molar-refractivity contribution in [3.63, 3.8) is 0 Å². The van der Waals surface area contributed by atoms with Crippen LogP contribution in [0.3, 0.4) is 0 Å². The van der Waals surface area contributed by atoms with Crippen molar-refractivity contribution in [2.75, 3.05) is 5.32 Å². The zero-order chi connectivity index (χ0) is 22.2. The van der Waals surface area contributed by atoms with Gasteiger partial charge in [-0.1, -0.05) is 6.42 Å². The molecule has 164 valence electrons. The third-order valence-electron chi connectivity index (χ3n) is 6.23. The molecule has 0 atom stereocenters.